The normalized spacial score (nSPS) is 13.1. The van der Waals surface area contributed by atoms with E-state index in [0.29, 0.717) is 28.7 Å². The standard InChI is InChI=1S/C51H32N4O/c1-3-14-34(15-4-1)49-52-50(35-16-5-2-6-17-35)54-51(53-49)36-28-26-33(27-29-36)37-30-31-40(42-21-13-22-43-41-20-9-12-25-47(41)56-48(42)43)46(32-37)55-44-23-10-7-18-38(44)39-19-8-11-24-45(39)55/h1-32H/i7D,8D,18D,19D,23D,24D. The number of furan rings is 1. The van der Waals surface area contributed by atoms with Gasteiger partial charge in [-0.2, -0.15) is 0 Å². The van der Waals surface area contributed by atoms with Crippen LogP contribution in [0.4, 0.5) is 0 Å². The highest BCUT2D eigenvalue weighted by Crippen LogP contribution is 2.42. The second kappa shape index (κ2) is 13.0. The summed E-state index contributed by atoms with van der Waals surface area (Å²) in [4.78, 5) is 14.7. The first kappa shape index (κ1) is 26.2. The largest absolute Gasteiger partial charge is 0.455 e. The van der Waals surface area contributed by atoms with E-state index in [-0.39, 0.29) is 58.1 Å². The number of hydrogen-bond donors (Lipinski definition) is 0. The summed E-state index contributed by atoms with van der Waals surface area (Å²) in [6.07, 6.45) is 0. The third kappa shape index (κ3) is 5.29. The summed E-state index contributed by atoms with van der Waals surface area (Å²) >= 11 is 0. The first-order chi connectivity index (χ1) is 30.2. The maximum absolute atomic E-state index is 9.23. The zero-order valence-corrected chi connectivity index (χ0v) is 29.7. The molecule has 3 aromatic heterocycles. The lowest BCUT2D eigenvalue weighted by Gasteiger charge is -2.17. The SMILES string of the molecule is [2H]c1cc([2H])c2c(c1[2H])c1c([2H])c([2H])cc([2H])c1n2-c1cc(-c2ccc(-c3nc(-c4ccccc4)nc(-c4ccccc4)n3)cc2)ccc1-c1cccc2c1oc1ccccc12. The Morgan fingerprint density at radius 2 is 0.946 bits per heavy atom. The summed E-state index contributed by atoms with van der Waals surface area (Å²) in [5.41, 5.74) is 8.25. The molecule has 0 bridgehead atoms. The van der Waals surface area contributed by atoms with Gasteiger partial charge in [-0.15, -0.1) is 0 Å². The number of aromatic nitrogens is 4. The van der Waals surface area contributed by atoms with Gasteiger partial charge in [0, 0.05) is 49.4 Å². The lowest BCUT2D eigenvalue weighted by Crippen LogP contribution is -2.00. The van der Waals surface area contributed by atoms with Gasteiger partial charge in [0.2, 0.25) is 0 Å². The number of fused-ring (bicyclic) bond motifs is 6. The van der Waals surface area contributed by atoms with Crippen LogP contribution in [0.5, 0.6) is 0 Å². The smallest absolute Gasteiger partial charge is 0.164 e. The van der Waals surface area contributed by atoms with Crippen LogP contribution in [0.25, 0.3) is 106 Å². The molecule has 5 nitrogen and oxygen atoms in total. The van der Waals surface area contributed by atoms with Crippen LogP contribution in [0.3, 0.4) is 0 Å². The van der Waals surface area contributed by atoms with Crippen LogP contribution in [0.1, 0.15) is 8.22 Å². The van der Waals surface area contributed by atoms with Gasteiger partial charge >= 0.3 is 0 Å². The molecular formula is C51H32N4O. The van der Waals surface area contributed by atoms with Crippen LogP contribution in [-0.4, -0.2) is 19.5 Å². The first-order valence-corrected chi connectivity index (χ1v) is 18.3. The number of hydrogen-bond acceptors (Lipinski definition) is 4. The Hall–Kier alpha value is -7.63. The number of rotatable bonds is 6. The summed E-state index contributed by atoms with van der Waals surface area (Å²) in [6, 6.07) is 49.3. The Balaban J connectivity index is 1.14. The molecule has 0 N–H and O–H groups in total. The van der Waals surface area contributed by atoms with Crippen LogP contribution in [-0.2, 0) is 0 Å². The average molecular weight is 723 g/mol. The molecule has 0 amide bonds. The third-order valence-electron chi connectivity index (χ3n) is 10.2. The van der Waals surface area contributed by atoms with Gasteiger partial charge in [0.15, 0.2) is 17.5 Å². The Kier molecular flexibility index (Phi) is 6.10. The number of nitrogens with zero attached hydrogens (tertiary/aromatic N) is 4. The minimum Gasteiger partial charge on any atom is -0.455 e. The molecule has 8 aromatic carbocycles. The van der Waals surface area contributed by atoms with Crippen LogP contribution < -0.4 is 0 Å². The number of benzene rings is 8. The van der Waals surface area contributed by atoms with Crippen molar-refractivity contribution in [2.45, 2.75) is 0 Å². The van der Waals surface area contributed by atoms with E-state index in [1.54, 1.807) is 4.57 Å². The van der Waals surface area contributed by atoms with Gasteiger partial charge in [0.25, 0.3) is 0 Å². The van der Waals surface area contributed by atoms with Crippen LogP contribution >= 0.6 is 0 Å². The molecule has 0 aliphatic heterocycles. The van der Waals surface area contributed by atoms with Crippen molar-refractivity contribution >= 4 is 43.7 Å². The van der Waals surface area contributed by atoms with E-state index in [1.165, 1.54) is 12.1 Å². The minimum atomic E-state index is -0.172. The number of para-hydroxylation sites is 4. The summed E-state index contributed by atoms with van der Waals surface area (Å²) in [7, 11) is 0. The molecule has 0 saturated heterocycles. The predicted molar refractivity (Wildman–Crippen MR) is 229 cm³/mol. The lowest BCUT2D eigenvalue weighted by molar-refractivity contribution is 0.670. The van der Waals surface area contributed by atoms with Crippen molar-refractivity contribution in [2.75, 3.05) is 0 Å². The highest BCUT2D eigenvalue weighted by molar-refractivity contribution is 6.12. The molecule has 0 aliphatic carbocycles. The first-order valence-electron chi connectivity index (χ1n) is 21.3. The fourth-order valence-corrected chi connectivity index (χ4v) is 7.59. The van der Waals surface area contributed by atoms with Crippen molar-refractivity contribution in [3.8, 4) is 62.1 Å². The second-order valence-corrected chi connectivity index (χ2v) is 13.5. The van der Waals surface area contributed by atoms with Crippen molar-refractivity contribution < 1.29 is 12.6 Å². The Labute approximate surface area is 331 Å². The molecule has 3 heterocycles. The van der Waals surface area contributed by atoms with Crippen molar-refractivity contribution in [1.82, 2.24) is 19.5 Å². The highest BCUT2D eigenvalue weighted by atomic mass is 16.3. The van der Waals surface area contributed by atoms with Gasteiger partial charge in [-0.3, -0.25) is 0 Å². The molecule has 56 heavy (non-hydrogen) atoms. The van der Waals surface area contributed by atoms with Gasteiger partial charge in [-0.25, -0.2) is 15.0 Å². The zero-order chi connectivity index (χ0) is 42.2. The monoisotopic (exact) mass is 722 g/mol. The molecule has 0 radical (unpaired) electrons. The maximum atomic E-state index is 9.23. The van der Waals surface area contributed by atoms with Gasteiger partial charge < -0.3 is 8.98 Å². The molecule has 0 fully saturated rings. The summed E-state index contributed by atoms with van der Waals surface area (Å²) in [5, 5.41) is 2.27. The molecule has 0 unspecified atom stereocenters. The predicted octanol–water partition coefficient (Wildman–Crippen LogP) is 13.2. The average Bonchev–Trinajstić information content (AvgIpc) is 3.88. The fourth-order valence-electron chi connectivity index (χ4n) is 7.59. The van der Waals surface area contributed by atoms with E-state index in [2.05, 4.69) is 0 Å². The Morgan fingerprint density at radius 1 is 0.411 bits per heavy atom. The third-order valence-corrected chi connectivity index (χ3v) is 10.2. The van der Waals surface area contributed by atoms with Crippen molar-refractivity contribution in [3.05, 3.63) is 194 Å². The van der Waals surface area contributed by atoms with Crippen LogP contribution in [0, 0.1) is 0 Å². The van der Waals surface area contributed by atoms with E-state index in [1.807, 2.05) is 146 Å². The highest BCUT2D eigenvalue weighted by Gasteiger charge is 2.20. The van der Waals surface area contributed by atoms with Gasteiger partial charge in [0.1, 0.15) is 11.2 Å². The van der Waals surface area contributed by atoms with Crippen LogP contribution in [0.15, 0.2) is 198 Å². The van der Waals surface area contributed by atoms with E-state index >= 15 is 0 Å². The van der Waals surface area contributed by atoms with Crippen molar-refractivity contribution in [3.63, 3.8) is 0 Å². The van der Waals surface area contributed by atoms with Gasteiger partial charge in [0.05, 0.1) is 24.9 Å². The fraction of sp³-hybridized carbons (Fsp3) is 0. The molecule has 0 atom stereocenters. The van der Waals surface area contributed by atoms with Gasteiger partial charge in [-0.05, 0) is 35.3 Å². The van der Waals surface area contributed by atoms with E-state index in [0.717, 1.165) is 55.3 Å². The second-order valence-electron chi connectivity index (χ2n) is 13.5. The van der Waals surface area contributed by atoms with Crippen LogP contribution in [0.2, 0.25) is 0 Å². The molecule has 11 rings (SSSR count). The lowest BCUT2D eigenvalue weighted by atomic mass is 9.96. The van der Waals surface area contributed by atoms with Crippen molar-refractivity contribution in [2.24, 2.45) is 0 Å². The summed E-state index contributed by atoms with van der Waals surface area (Å²) in [5.74, 6) is 1.65. The van der Waals surface area contributed by atoms with E-state index < -0.39 is 0 Å². The minimum absolute atomic E-state index is 0.0349. The molecule has 0 aliphatic rings. The van der Waals surface area contributed by atoms with E-state index in [4.69, 9.17) is 24.9 Å². The zero-order valence-electron chi connectivity index (χ0n) is 35.7. The molecule has 11 aromatic rings. The molecule has 5 heteroatoms. The topological polar surface area (TPSA) is 56.7 Å². The van der Waals surface area contributed by atoms with Crippen molar-refractivity contribution in [1.29, 1.82) is 0 Å². The summed E-state index contributed by atoms with van der Waals surface area (Å²) < 4.78 is 62.0. The molecule has 262 valence electrons. The Morgan fingerprint density at radius 3 is 1.59 bits per heavy atom. The van der Waals surface area contributed by atoms with E-state index in [9.17, 15) is 2.74 Å². The maximum Gasteiger partial charge on any atom is 0.164 e. The quantitative estimate of drug-likeness (QED) is 0.171. The van der Waals surface area contributed by atoms with Gasteiger partial charge in [-0.1, -0.05) is 170 Å². The Bertz CT molecular complexity index is 3460. The molecule has 0 spiro atoms. The summed E-state index contributed by atoms with van der Waals surface area (Å²) in [6.45, 7) is 0. The molecular weight excluding hydrogens is 685 g/mol. The molecule has 0 saturated carbocycles.